The van der Waals surface area contributed by atoms with E-state index in [1.165, 1.54) is 22.5 Å². The maximum Gasteiger partial charge on any atom is 0.510 e. The van der Waals surface area contributed by atoms with Gasteiger partial charge in [-0.05, 0) is 34.4 Å². The molecule has 222 valence electrons. The summed E-state index contributed by atoms with van der Waals surface area (Å²) in [5.41, 5.74) is 4.87. The monoisotopic (exact) mass is 623 g/mol. The van der Waals surface area contributed by atoms with Crippen LogP contribution in [0.1, 0.15) is 39.2 Å². The zero-order valence-electron chi connectivity index (χ0n) is 23.0. The number of fused-ring (bicyclic) bond motifs is 3. The number of hydrogen-bond acceptors (Lipinski definition) is 10. The number of nitrogens with one attached hydrogen (secondary N) is 1. The smallest absolute Gasteiger partial charge is 0.451 e. The zero-order chi connectivity index (χ0) is 29.6. The lowest BCUT2D eigenvalue weighted by Crippen LogP contribution is -2.72. The van der Waals surface area contributed by atoms with Crippen LogP contribution in [0.4, 0.5) is 4.79 Å². The maximum absolute atomic E-state index is 14.4. The Bertz CT molecular complexity index is 1780. The van der Waals surface area contributed by atoms with Gasteiger partial charge in [-0.3, -0.25) is 19.7 Å². The van der Waals surface area contributed by atoms with Crippen LogP contribution in [0.25, 0.3) is 0 Å². The first kappa shape index (κ1) is 26.9. The number of aromatic nitrogens is 1. The van der Waals surface area contributed by atoms with Crippen molar-refractivity contribution in [3.63, 3.8) is 0 Å². The first-order valence-corrected chi connectivity index (χ1v) is 15.1. The number of thioether (sulfide) groups is 1. The fourth-order valence-corrected chi connectivity index (χ4v) is 8.24. The molecule has 1 amide bonds. The minimum Gasteiger partial charge on any atom is -0.451 e. The van der Waals surface area contributed by atoms with E-state index in [0.29, 0.717) is 26.1 Å². The van der Waals surface area contributed by atoms with Crippen molar-refractivity contribution < 1.29 is 33.3 Å². The number of hydrogen-bond donors (Lipinski definition) is 1. The summed E-state index contributed by atoms with van der Waals surface area (Å²) in [4.78, 5) is 41.6. The van der Waals surface area contributed by atoms with Gasteiger partial charge in [0.15, 0.2) is 11.4 Å². The Morgan fingerprint density at radius 1 is 1.14 bits per heavy atom. The molecule has 0 unspecified atom stereocenters. The first-order chi connectivity index (χ1) is 20.8. The van der Waals surface area contributed by atoms with Crippen molar-refractivity contribution in [1.82, 2.24) is 9.58 Å². The third-order valence-corrected chi connectivity index (χ3v) is 10.5. The number of carbonyl (C=O) groups excluding carboxylic acids is 2. The average Bonchev–Trinajstić information content (AvgIpc) is 3.69. The van der Waals surface area contributed by atoms with Crippen molar-refractivity contribution >= 4 is 35.4 Å². The molecule has 1 N–H and O–H groups in total. The van der Waals surface area contributed by atoms with Crippen molar-refractivity contribution in [3.05, 3.63) is 91.9 Å². The largest absolute Gasteiger partial charge is 0.510 e. The summed E-state index contributed by atoms with van der Waals surface area (Å²) in [5.74, 6) is 0.173. The van der Waals surface area contributed by atoms with E-state index < -0.39 is 41.1 Å². The lowest BCUT2D eigenvalue weighted by molar-refractivity contribution is -0.274. The SMILES string of the molecule is COC(=O)OCOc1c2n(ccc1=O)N[C@]13C[C@@]1(c1cccc4c1Cc1c(Cl)cccc1CS4)OC1(COC1)CN3C2=O. The van der Waals surface area contributed by atoms with Crippen LogP contribution in [0, 0.1) is 0 Å². The van der Waals surface area contributed by atoms with Gasteiger partial charge in [0.25, 0.3) is 5.91 Å². The van der Waals surface area contributed by atoms with E-state index in [4.69, 9.17) is 30.5 Å². The van der Waals surface area contributed by atoms with Crippen LogP contribution in [-0.2, 0) is 36.7 Å². The van der Waals surface area contributed by atoms with Crippen LogP contribution in [0.15, 0.2) is 58.4 Å². The van der Waals surface area contributed by atoms with Gasteiger partial charge in [0.05, 0.1) is 26.9 Å². The lowest BCUT2D eigenvalue weighted by atomic mass is 9.88. The van der Waals surface area contributed by atoms with Gasteiger partial charge in [-0.1, -0.05) is 35.9 Å². The Hall–Kier alpha value is -3.71. The summed E-state index contributed by atoms with van der Waals surface area (Å²) in [6.45, 7) is 0.343. The predicted octanol–water partition coefficient (Wildman–Crippen LogP) is 3.61. The maximum atomic E-state index is 14.4. The van der Waals surface area contributed by atoms with Gasteiger partial charge >= 0.3 is 6.16 Å². The van der Waals surface area contributed by atoms with Gasteiger partial charge in [-0.2, -0.15) is 0 Å². The number of halogens is 1. The van der Waals surface area contributed by atoms with Gasteiger partial charge in [-0.15, -0.1) is 11.8 Å². The second kappa shape index (κ2) is 9.39. The summed E-state index contributed by atoms with van der Waals surface area (Å²) in [7, 11) is 1.16. The standard InChI is InChI=1S/C30H26ClN3O8S/c1-38-27(37)41-16-40-25-22(35)8-9-34-24(25)26(36)33-13-28(14-39-15-28)42-29(12-30(29,33)32-34)20-5-3-7-23-19(20)10-18-17(11-43-23)4-2-6-21(18)31/h2-9,32H,10-16H2,1H3/t29-,30-/m0/s1. The molecule has 2 atom stereocenters. The molecule has 4 aliphatic heterocycles. The quantitative estimate of drug-likeness (QED) is 0.341. The van der Waals surface area contributed by atoms with Crippen LogP contribution < -0.4 is 15.6 Å². The molecule has 5 aliphatic rings. The highest BCUT2D eigenvalue weighted by atomic mass is 35.5. The van der Waals surface area contributed by atoms with E-state index in [0.717, 1.165) is 39.5 Å². The molecule has 3 fully saturated rings. The Morgan fingerprint density at radius 3 is 2.77 bits per heavy atom. The van der Waals surface area contributed by atoms with Crippen LogP contribution in [0.5, 0.6) is 5.75 Å². The minimum absolute atomic E-state index is 0.00726. The number of methoxy groups -OCH3 is 1. The summed E-state index contributed by atoms with van der Waals surface area (Å²) in [6, 6.07) is 13.6. The van der Waals surface area contributed by atoms with E-state index in [-0.39, 0.29) is 18.0 Å². The van der Waals surface area contributed by atoms with Crippen molar-refractivity contribution in [2.75, 3.05) is 39.1 Å². The summed E-state index contributed by atoms with van der Waals surface area (Å²) in [5, 5.41) is 0.728. The van der Waals surface area contributed by atoms with Crippen molar-refractivity contribution in [1.29, 1.82) is 0 Å². The van der Waals surface area contributed by atoms with E-state index in [1.807, 2.05) is 18.2 Å². The van der Waals surface area contributed by atoms with Gasteiger partial charge in [0.1, 0.15) is 11.2 Å². The highest BCUT2D eigenvalue weighted by Crippen LogP contribution is 2.68. The molecule has 1 aliphatic carbocycles. The van der Waals surface area contributed by atoms with Gasteiger partial charge < -0.3 is 28.6 Å². The molecule has 8 rings (SSSR count). The van der Waals surface area contributed by atoms with E-state index in [1.54, 1.807) is 16.7 Å². The molecule has 0 radical (unpaired) electrons. The number of amides is 1. The predicted molar refractivity (Wildman–Crippen MR) is 154 cm³/mol. The van der Waals surface area contributed by atoms with Crippen molar-refractivity contribution in [2.24, 2.45) is 0 Å². The molecule has 3 aromatic rings. The fourth-order valence-electron chi connectivity index (χ4n) is 6.87. The lowest BCUT2D eigenvalue weighted by Gasteiger charge is -2.55. The summed E-state index contributed by atoms with van der Waals surface area (Å²) in [6.07, 6.45) is 1.65. The highest BCUT2D eigenvalue weighted by molar-refractivity contribution is 7.98. The summed E-state index contributed by atoms with van der Waals surface area (Å²) >= 11 is 8.48. The molecular weight excluding hydrogens is 598 g/mol. The Labute approximate surface area is 254 Å². The molecular formula is C30H26ClN3O8S. The number of nitrogens with zero attached hydrogens (tertiary/aromatic N) is 2. The summed E-state index contributed by atoms with van der Waals surface area (Å²) < 4.78 is 29.0. The highest BCUT2D eigenvalue weighted by Gasteiger charge is 2.82. The molecule has 1 aromatic heterocycles. The number of morpholine rings is 1. The van der Waals surface area contributed by atoms with Crippen molar-refractivity contribution in [2.45, 2.75) is 40.4 Å². The molecule has 13 heteroatoms. The fraction of sp³-hybridized carbons (Fsp3) is 0.367. The number of benzene rings is 2. The molecule has 2 saturated heterocycles. The van der Waals surface area contributed by atoms with E-state index in [2.05, 4.69) is 28.4 Å². The molecule has 1 saturated carbocycles. The van der Waals surface area contributed by atoms with Gasteiger partial charge in [0.2, 0.25) is 18.0 Å². The minimum atomic E-state index is -0.972. The van der Waals surface area contributed by atoms with Crippen LogP contribution in [0.3, 0.4) is 0 Å². The number of carbonyl (C=O) groups is 2. The van der Waals surface area contributed by atoms with Gasteiger partial charge in [-0.25, -0.2) is 4.79 Å². The normalized spacial score (nSPS) is 25.4. The van der Waals surface area contributed by atoms with Crippen LogP contribution >= 0.6 is 23.4 Å². The Balaban J connectivity index is 1.24. The Kier molecular flexibility index (Phi) is 5.87. The molecule has 11 nitrogen and oxygen atoms in total. The average molecular weight is 624 g/mol. The molecule has 2 spiro atoms. The zero-order valence-corrected chi connectivity index (χ0v) is 24.6. The number of pyridine rings is 1. The second-order valence-corrected chi connectivity index (χ2v) is 12.8. The molecule has 0 bridgehead atoms. The van der Waals surface area contributed by atoms with Crippen LogP contribution in [0.2, 0.25) is 5.02 Å². The molecule has 5 heterocycles. The Morgan fingerprint density at radius 2 is 1.98 bits per heavy atom. The van der Waals surface area contributed by atoms with E-state index in [9.17, 15) is 14.4 Å². The number of rotatable bonds is 4. The topological polar surface area (TPSA) is 118 Å². The third kappa shape index (κ3) is 3.79. The van der Waals surface area contributed by atoms with E-state index >= 15 is 0 Å². The third-order valence-electron chi connectivity index (χ3n) is 8.95. The number of ether oxygens (including phenoxy) is 5. The van der Waals surface area contributed by atoms with Gasteiger partial charge in [0, 0.05) is 40.8 Å². The van der Waals surface area contributed by atoms with Crippen molar-refractivity contribution in [3.8, 4) is 5.75 Å². The first-order valence-electron chi connectivity index (χ1n) is 13.8. The molecule has 43 heavy (non-hydrogen) atoms. The molecule has 2 aromatic carbocycles. The van der Waals surface area contributed by atoms with Crippen LogP contribution in [-0.4, -0.2) is 66.6 Å². The second-order valence-electron chi connectivity index (χ2n) is 11.4.